The highest BCUT2D eigenvalue weighted by atomic mass is 16.6. The fourth-order valence-corrected chi connectivity index (χ4v) is 1.74. The molecular formula is C11H13NO4. The molecule has 1 aliphatic heterocycles. The van der Waals surface area contributed by atoms with Crippen LogP contribution in [0, 0.1) is 0 Å². The van der Waals surface area contributed by atoms with Crippen molar-refractivity contribution in [3.05, 3.63) is 30.3 Å². The molecule has 5 nitrogen and oxygen atoms in total. The van der Waals surface area contributed by atoms with Crippen molar-refractivity contribution in [1.29, 1.82) is 0 Å². The fraction of sp³-hybridized carbons (Fsp3) is 0.364. The van der Waals surface area contributed by atoms with Crippen molar-refractivity contribution in [2.45, 2.75) is 12.3 Å². The number of aliphatic hydroxyl groups excluding tert-OH is 1. The Kier molecular flexibility index (Phi) is 3.07. The number of anilines is 1. The van der Waals surface area contributed by atoms with E-state index in [0.717, 1.165) is 0 Å². The van der Waals surface area contributed by atoms with E-state index >= 15 is 0 Å². The van der Waals surface area contributed by atoms with Crippen LogP contribution in [0.25, 0.3) is 0 Å². The lowest BCUT2D eigenvalue weighted by Gasteiger charge is -2.22. The molecule has 1 aromatic carbocycles. The minimum Gasteiger partial charge on any atom is -0.438 e. The van der Waals surface area contributed by atoms with Gasteiger partial charge in [-0.2, -0.15) is 0 Å². The molecule has 1 fully saturated rings. The van der Waals surface area contributed by atoms with Crippen LogP contribution in [0.3, 0.4) is 0 Å². The Morgan fingerprint density at radius 1 is 1.44 bits per heavy atom. The number of amides is 1. The largest absolute Gasteiger partial charge is 0.438 e. The van der Waals surface area contributed by atoms with E-state index in [1.165, 1.54) is 12.0 Å². The van der Waals surface area contributed by atoms with Gasteiger partial charge in [-0.15, -0.1) is 0 Å². The fourth-order valence-electron chi connectivity index (χ4n) is 1.74. The van der Waals surface area contributed by atoms with Gasteiger partial charge in [0.1, 0.15) is 0 Å². The summed E-state index contributed by atoms with van der Waals surface area (Å²) in [7, 11) is 1.48. The van der Waals surface area contributed by atoms with Gasteiger partial charge in [0.15, 0.2) is 12.3 Å². The number of benzene rings is 1. The summed E-state index contributed by atoms with van der Waals surface area (Å²) in [5.41, 5.74) is 0.690. The van der Waals surface area contributed by atoms with Gasteiger partial charge in [0.2, 0.25) is 0 Å². The lowest BCUT2D eigenvalue weighted by atomic mass is 10.2. The third kappa shape index (κ3) is 1.75. The van der Waals surface area contributed by atoms with Gasteiger partial charge in [-0.3, -0.25) is 0 Å². The summed E-state index contributed by atoms with van der Waals surface area (Å²) in [5, 5.41) is 9.07. The number of cyclic esters (lactones) is 1. The molecule has 0 aromatic heterocycles. The molecule has 1 aliphatic rings. The number of hydrogen-bond acceptors (Lipinski definition) is 4. The molecule has 1 amide bonds. The van der Waals surface area contributed by atoms with Gasteiger partial charge in [-0.25, -0.2) is 9.69 Å². The highest BCUT2D eigenvalue weighted by Gasteiger charge is 2.42. The molecular weight excluding hydrogens is 210 g/mol. The summed E-state index contributed by atoms with van der Waals surface area (Å²) in [6.07, 6.45) is -1.73. The summed E-state index contributed by atoms with van der Waals surface area (Å²) in [6, 6.07) is 9.07. The van der Waals surface area contributed by atoms with Crippen molar-refractivity contribution in [1.82, 2.24) is 0 Å². The monoisotopic (exact) mass is 223 g/mol. The van der Waals surface area contributed by atoms with Gasteiger partial charge < -0.3 is 14.6 Å². The topological polar surface area (TPSA) is 59.0 Å². The first kappa shape index (κ1) is 10.9. The molecule has 5 heteroatoms. The van der Waals surface area contributed by atoms with E-state index in [1.807, 2.05) is 18.2 Å². The summed E-state index contributed by atoms with van der Waals surface area (Å²) in [4.78, 5) is 13.0. The Labute approximate surface area is 93.2 Å². The van der Waals surface area contributed by atoms with Crippen molar-refractivity contribution in [2.24, 2.45) is 0 Å². The van der Waals surface area contributed by atoms with Crippen molar-refractivity contribution < 1.29 is 19.4 Å². The second-order valence-electron chi connectivity index (χ2n) is 3.44. The van der Waals surface area contributed by atoms with Gasteiger partial charge in [-0.05, 0) is 12.1 Å². The Bertz CT molecular complexity index is 368. The zero-order valence-electron chi connectivity index (χ0n) is 8.87. The number of ether oxygens (including phenoxy) is 2. The van der Waals surface area contributed by atoms with Crippen molar-refractivity contribution in [3.8, 4) is 0 Å². The molecule has 0 aliphatic carbocycles. The standard InChI is InChI=1S/C11H13NO4/c1-15-10-9(7-13)16-11(14)12(10)8-5-3-2-4-6-8/h2-6,9-10,13H,7H2,1H3. The van der Waals surface area contributed by atoms with Crippen LogP contribution in [0.5, 0.6) is 0 Å². The van der Waals surface area contributed by atoms with Crippen molar-refractivity contribution in [3.63, 3.8) is 0 Å². The van der Waals surface area contributed by atoms with E-state index in [9.17, 15) is 4.79 Å². The van der Waals surface area contributed by atoms with Crippen LogP contribution in [-0.4, -0.2) is 37.2 Å². The van der Waals surface area contributed by atoms with Gasteiger partial charge in [0, 0.05) is 12.8 Å². The summed E-state index contributed by atoms with van der Waals surface area (Å²) < 4.78 is 10.2. The molecule has 16 heavy (non-hydrogen) atoms. The van der Waals surface area contributed by atoms with E-state index in [0.29, 0.717) is 5.69 Å². The summed E-state index contributed by atoms with van der Waals surface area (Å²) >= 11 is 0. The first-order valence-electron chi connectivity index (χ1n) is 4.96. The van der Waals surface area contributed by atoms with Crippen LogP contribution in [0.15, 0.2) is 30.3 Å². The number of methoxy groups -OCH3 is 1. The third-order valence-corrected chi connectivity index (χ3v) is 2.48. The third-order valence-electron chi connectivity index (χ3n) is 2.48. The van der Waals surface area contributed by atoms with Crippen LogP contribution >= 0.6 is 0 Å². The number of para-hydroxylation sites is 1. The average Bonchev–Trinajstić information content (AvgIpc) is 2.66. The van der Waals surface area contributed by atoms with Crippen LogP contribution in [0.2, 0.25) is 0 Å². The number of nitrogens with zero attached hydrogens (tertiary/aromatic N) is 1. The molecule has 1 N–H and O–H groups in total. The molecule has 0 radical (unpaired) electrons. The second-order valence-corrected chi connectivity index (χ2v) is 3.44. The molecule has 0 saturated carbocycles. The molecule has 2 atom stereocenters. The zero-order chi connectivity index (χ0) is 11.5. The molecule has 1 aromatic rings. The predicted molar refractivity (Wildman–Crippen MR) is 57.1 cm³/mol. The lowest BCUT2D eigenvalue weighted by molar-refractivity contribution is -0.000119. The molecule has 1 heterocycles. The van der Waals surface area contributed by atoms with Crippen molar-refractivity contribution in [2.75, 3.05) is 18.6 Å². The smallest absolute Gasteiger partial charge is 0.417 e. The summed E-state index contributed by atoms with van der Waals surface area (Å²) in [6.45, 7) is -0.256. The maximum absolute atomic E-state index is 11.6. The van der Waals surface area contributed by atoms with E-state index in [-0.39, 0.29) is 6.61 Å². The van der Waals surface area contributed by atoms with Gasteiger partial charge in [0.25, 0.3) is 0 Å². The number of carbonyl (C=O) groups excluding carboxylic acids is 1. The van der Waals surface area contributed by atoms with Crippen LogP contribution in [0.4, 0.5) is 10.5 Å². The molecule has 1 saturated heterocycles. The highest BCUT2D eigenvalue weighted by molar-refractivity contribution is 5.90. The SMILES string of the molecule is COC1C(CO)OC(=O)N1c1ccccc1. The second kappa shape index (κ2) is 4.51. The Hall–Kier alpha value is -1.59. The van der Waals surface area contributed by atoms with E-state index < -0.39 is 18.4 Å². The van der Waals surface area contributed by atoms with E-state index in [1.54, 1.807) is 12.1 Å². The number of carbonyl (C=O) groups is 1. The first-order chi connectivity index (χ1) is 7.77. The lowest BCUT2D eigenvalue weighted by Crippen LogP contribution is -2.39. The van der Waals surface area contributed by atoms with Crippen LogP contribution in [0.1, 0.15) is 0 Å². The Morgan fingerprint density at radius 2 is 2.12 bits per heavy atom. The number of hydrogen-bond donors (Lipinski definition) is 1. The average molecular weight is 223 g/mol. The Morgan fingerprint density at radius 3 is 2.69 bits per heavy atom. The van der Waals surface area contributed by atoms with Gasteiger partial charge in [0.05, 0.1) is 6.61 Å². The summed E-state index contributed by atoms with van der Waals surface area (Å²) in [5.74, 6) is 0. The van der Waals surface area contributed by atoms with E-state index in [2.05, 4.69) is 0 Å². The normalized spacial score (nSPS) is 24.6. The van der Waals surface area contributed by atoms with Crippen molar-refractivity contribution >= 4 is 11.8 Å². The maximum atomic E-state index is 11.6. The highest BCUT2D eigenvalue weighted by Crippen LogP contribution is 2.26. The molecule has 86 valence electrons. The predicted octanol–water partition coefficient (Wildman–Crippen LogP) is 0.977. The van der Waals surface area contributed by atoms with Gasteiger partial charge >= 0.3 is 6.09 Å². The minimum absolute atomic E-state index is 0.256. The minimum atomic E-state index is -0.641. The molecule has 2 unspecified atom stereocenters. The zero-order valence-corrected chi connectivity index (χ0v) is 8.87. The molecule has 0 spiro atoms. The number of aliphatic hydroxyl groups is 1. The molecule has 2 rings (SSSR count). The van der Waals surface area contributed by atoms with Gasteiger partial charge in [-0.1, -0.05) is 18.2 Å². The van der Waals surface area contributed by atoms with E-state index in [4.69, 9.17) is 14.6 Å². The Balaban J connectivity index is 2.29. The number of rotatable bonds is 3. The van der Waals surface area contributed by atoms with Crippen LogP contribution < -0.4 is 4.90 Å². The molecule has 0 bridgehead atoms. The quantitative estimate of drug-likeness (QED) is 0.829. The first-order valence-corrected chi connectivity index (χ1v) is 4.96. The van der Waals surface area contributed by atoms with Crippen LogP contribution in [-0.2, 0) is 9.47 Å². The maximum Gasteiger partial charge on any atom is 0.417 e.